The number of carbonyl (C=O) groups is 2. The molecule has 110 valence electrons. The van der Waals surface area contributed by atoms with Crippen molar-refractivity contribution in [1.82, 2.24) is 15.5 Å². The summed E-state index contributed by atoms with van der Waals surface area (Å²) in [6.45, 7) is 2.89. The number of nitrogens with zero attached hydrogens (tertiary/aromatic N) is 1. The molecular weight excluding hydrogens is 250 g/mol. The molecule has 19 heavy (non-hydrogen) atoms. The summed E-state index contributed by atoms with van der Waals surface area (Å²) in [7, 11) is 2.09. The molecule has 1 aliphatic heterocycles. The van der Waals surface area contributed by atoms with Crippen molar-refractivity contribution in [3.63, 3.8) is 0 Å². The van der Waals surface area contributed by atoms with Crippen LogP contribution in [0.15, 0.2) is 0 Å². The Hall–Kier alpha value is -1.34. The number of hydrogen-bond donors (Lipinski definition) is 4. The molecule has 1 aliphatic rings. The maximum absolute atomic E-state index is 11.4. The average Bonchev–Trinajstić information content (AvgIpc) is 2.37. The molecule has 2 amide bonds. The number of carbonyl (C=O) groups excluding carboxylic acids is 1. The molecule has 1 saturated heterocycles. The van der Waals surface area contributed by atoms with Crippen molar-refractivity contribution in [2.45, 2.75) is 25.4 Å². The first-order valence-corrected chi connectivity index (χ1v) is 6.60. The van der Waals surface area contributed by atoms with Crippen molar-refractivity contribution in [2.75, 3.05) is 33.2 Å². The summed E-state index contributed by atoms with van der Waals surface area (Å²) < 4.78 is 0. The van der Waals surface area contributed by atoms with Crippen LogP contribution >= 0.6 is 0 Å². The van der Waals surface area contributed by atoms with Crippen LogP contribution in [0.5, 0.6) is 0 Å². The standard InChI is InChI=1S/C12H23N3O4/c1-15-6-3-9(4-7-15)8-14-12(19)13-5-2-10(16)11(17)18/h9-10,16H,2-8H2,1H3,(H,17,18)(H2,13,14,19)/t10-/m0/s1. The molecule has 0 bridgehead atoms. The van der Waals surface area contributed by atoms with Gasteiger partial charge >= 0.3 is 12.0 Å². The van der Waals surface area contributed by atoms with E-state index in [9.17, 15) is 9.59 Å². The molecule has 0 radical (unpaired) electrons. The maximum Gasteiger partial charge on any atom is 0.332 e. The Morgan fingerprint density at radius 1 is 1.32 bits per heavy atom. The van der Waals surface area contributed by atoms with Gasteiger partial charge in [-0.15, -0.1) is 0 Å². The minimum Gasteiger partial charge on any atom is -0.479 e. The number of piperidine rings is 1. The monoisotopic (exact) mass is 273 g/mol. The van der Waals surface area contributed by atoms with E-state index in [1.54, 1.807) is 0 Å². The topological polar surface area (TPSA) is 102 Å². The summed E-state index contributed by atoms with van der Waals surface area (Å²) in [5.41, 5.74) is 0. The molecule has 7 heteroatoms. The lowest BCUT2D eigenvalue weighted by Gasteiger charge is -2.28. The number of carboxylic acid groups (broad SMARTS) is 1. The van der Waals surface area contributed by atoms with Gasteiger partial charge in [-0.25, -0.2) is 9.59 Å². The van der Waals surface area contributed by atoms with Gasteiger partial charge in [-0.1, -0.05) is 0 Å². The summed E-state index contributed by atoms with van der Waals surface area (Å²) in [5.74, 6) is -0.764. The molecule has 7 nitrogen and oxygen atoms in total. The number of aliphatic carboxylic acids is 1. The van der Waals surface area contributed by atoms with Crippen LogP contribution in [0.2, 0.25) is 0 Å². The maximum atomic E-state index is 11.4. The van der Waals surface area contributed by atoms with E-state index in [0.29, 0.717) is 12.5 Å². The number of carboxylic acids is 1. The van der Waals surface area contributed by atoms with Gasteiger partial charge in [0.15, 0.2) is 6.10 Å². The highest BCUT2D eigenvalue weighted by Gasteiger charge is 2.17. The van der Waals surface area contributed by atoms with Crippen molar-refractivity contribution in [3.05, 3.63) is 0 Å². The summed E-state index contributed by atoms with van der Waals surface area (Å²) in [4.78, 5) is 24.1. The summed E-state index contributed by atoms with van der Waals surface area (Å²) in [5, 5.41) is 22.8. The smallest absolute Gasteiger partial charge is 0.332 e. The van der Waals surface area contributed by atoms with Gasteiger partial charge in [0, 0.05) is 19.5 Å². The lowest BCUT2D eigenvalue weighted by Crippen LogP contribution is -2.42. The second kappa shape index (κ2) is 7.96. The van der Waals surface area contributed by atoms with Crippen LogP contribution in [0.4, 0.5) is 4.79 Å². The lowest BCUT2D eigenvalue weighted by atomic mass is 9.97. The Bertz CT molecular complexity index is 303. The zero-order valence-corrected chi connectivity index (χ0v) is 11.3. The third-order valence-corrected chi connectivity index (χ3v) is 3.38. The van der Waals surface area contributed by atoms with Gasteiger partial charge in [0.2, 0.25) is 0 Å². The quantitative estimate of drug-likeness (QED) is 0.521. The summed E-state index contributed by atoms with van der Waals surface area (Å²) >= 11 is 0. The largest absolute Gasteiger partial charge is 0.479 e. The average molecular weight is 273 g/mol. The molecule has 0 unspecified atom stereocenters. The van der Waals surface area contributed by atoms with Gasteiger partial charge < -0.3 is 25.7 Å². The van der Waals surface area contributed by atoms with E-state index in [-0.39, 0.29) is 19.0 Å². The number of aliphatic hydroxyl groups excluding tert-OH is 1. The first-order chi connectivity index (χ1) is 8.99. The van der Waals surface area contributed by atoms with Crippen molar-refractivity contribution in [2.24, 2.45) is 5.92 Å². The molecule has 0 saturated carbocycles. The number of hydrogen-bond acceptors (Lipinski definition) is 4. The van der Waals surface area contributed by atoms with E-state index in [1.165, 1.54) is 0 Å². The van der Waals surface area contributed by atoms with Crippen LogP contribution in [0.1, 0.15) is 19.3 Å². The molecule has 1 atom stereocenters. The molecule has 0 aliphatic carbocycles. The van der Waals surface area contributed by atoms with Crippen LogP contribution in [-0.4, -0.2) is 66.4 Å². The summed E-state index contributed by atoms with van der Waals surface area (Å²) in [6, 6.07) is -0.309. The van der Waals surface area contributed by atoms with Gasteiger partial charge in [-0.2, -0.15) is 0 Å². The highest BCUT2D eigenvalue weighted by atomic mass is 16.4. The van der Waals surface area contributed by atoms with Crippen molar-refractivity contribution < 1.29 is 19.8 Å². The molecule has 4 N–H and O–H groups in total. The summed E-state index contributed by atoms with van der Waals surface area (Å²) in [6.07, 6.45) is 0.745. The van der Waals surface area contributed by atoms with E-state index in [0.717, 1.165) is 25.9 Å². The lowest BCUT2D eigenvalue weighted by molar-refractivity contribution is -0.146. The Balaban J connectivity index is 2.06. The van der Waals surface area contributed by atoms with Crippen LogP contribution in [0, 0.1) is 5.92 Å². The molecule has 0 aromatic carbocycles. The zero-order valence-electron chi connectivity index (χ0n) is 11.3. The second-order valence-electron chi connectivity index (χ2n) is 5.03. The van der Waals surface area contributed by atoms with Crippen LogP contribution in [0.3, 0.4) is 0 Å². The molecular formula is C12H23N3O4. The molecule has 0 aromatic rings. The van der Waals surface area contributed by atoms with Gasteiger partial charge in [0.1, 0.15) is 0 Å². The fourth-order valence-corrected chi connectivity index (χ4v) is 2.01. The van der Waals surface area contributed by atoms with E-state index in [4.69, 9.17) is 10.2 Å². The number of rotatable bonds is 6. The predicted octanol–water partition coefficient (Wildman–Crippen LogP) is -0.537. The molecule has 0 spiro atoms. The van der Waals surface area contributed by atoms with Crippen LogP contribution < -0.4 is 10.6 Å². The van der Waals surface area contributed by atoms with Gasteiger partial charge in [-0.05, 0) is 38.9 Å². The minimum absolute atomic E-state index is 0.0109. The SMILES string of the molecule is CN1CCC(CNC(=O)NCC[C@H](O)C(=O)O)CC1. The Labute approximate surface area is 113 Å². The van der Waals surface area contributed by atoms with Crippen LogP contribution in [0.25, 0.3) is 0 Å². The van der Waals surface area contributed by atoms with Crippen molar-refractivity contribution in [3.8, 4) is 0 Å². The number of amides is 2. The predicted molar refractivity (Wildman–Crippen MR) is 69.9 cm³/mol. The van der Waals surface area contributed by atoms with Crippen molar-refractivity contribution in [1.29, 1.82) is 0 Å². The van der Waals surface area contributed by atoms with E-state index in [2.05, 4.69) is 22.6 Å². The first-order valence-electron chi connectivity index (χ1n) is 6.60. The Morgan fingerprint density at radius 2 is 1.95 bits per heavy atom. The normalized spacial score (nSPS) is 18.8. The Kier molecular flexibility index (Phi) is 6.58. The zero-order chi connectivity index (χ0) is 14.3. The molecule has 1 heterocycles. The molecule has 0 aromatic heterocycles. The van der Waals surface area contributed by atoms with E-state index < -0.39 is 12.1 Å². The highest BCUT2D eigenvalue weighted by Crippen LogP contribution is 2.14. The fraction of sp³-hybridized carbons (Fsp3) is 0.833. The third kappa shape index (κ3) is 6.40. The minimum atomic E-state index is -1.42. The van der Waals surface area contributed by atoms with E-state index >= 15 is 0 Å². The highest BCUT2D eigenvalue weighted by molar-refractivity contribution is 5.74. The first kappa shape index (κ1) is 15.7. The van der Waals surface area contributed by atoms with Crippen molar-refractivity contribution >= 4 is 12.0 Å². The number of nitrogens with one attached hydrogen (secondary N) is 2. The molecule has 1 fully saturated rings. The van der Waals surface area contributed by atoms with Gasteiger partial charge in [0.25, 0.3) is 0 Å². The third-order valence-electron chi connectivity index (χ3n) is 3.38. The Morgan fingerprint density at radius 3 is 2.53 bits per heavy atom. The fourth-order valence-electron chi connectivity index (χ4n) is 2.01. The number of urea groups is 1. The van der Waals surface area contributed by atoms with E-state index in [1.807, 2.05) is 0 Å². The van der Waals surface area contributed by atoms with Gasteiger partial charge in [-0.3, -0.25) is 0 Å². The second-order valence-corrected chi connectivity index (χ2v) is 5.03. The van der Waals surface area contributed by atoms with Gasteiger partial charge in [0.05, 0.1) is 0 Å². The van der Waals surface area contributed by atoms with Crippen LogP contribution in [-0.2, 0) is 4.79 Å². The number of likely N-dealkylation sites (tertiary alicyclic amines) is 1. The molecule has 1 rings (SSSR count). The number of aliphatic hydroxyl groups is 1.